The Labute approximate surface area is 267 Å². The second-order valence-corrected chi connectivity index (χ2v) is 13.4. The second kappa shape index (κ2) is 12.2. The van der Waals surface area contributed by atoms with Gasteiger partial charge in [-0.1, -0.05) is 5.92 Å². The minimum atomic E-state index is -5.12. The van der Waals surface area contributed by atoms with E-state index in [-0.39, 0.29) is 46.6 Å². The van der Waals surface area contributed by atoms with Gasteiger partial charge in [0.05, 0.1) is 25.9 Å². The molecule has 48 heavy (non-hydrogen) atoms. The Kier molecular flexibility index (Phi) is 8.31. The lowest BCUT2D eigenvalue weighted by atomic mass is 10.1. The fraction of sp³-hybridized carbons (Fsp3) is 0.478. The zero-order valence-corrected chi connectivity index (χ0v) is 25.9. The van der Waals surface area contributed by atoms with Gasteiger partial charge in [0.25, 0.3) is 0 Å². The third-order valence-corrected chi connectivity index (χ3v) is 9.54. The van der Waals surface area contributed by atoms with Crippen LogP contribution in [0.2, 0.25) is 0 Å². The summed E-state index contributed by atoms with van der Waals surface area (Å²) in [6.07, 6.45) is -3.77. The molecule has 0 spiro atoms. The van der Waals surface area contributed by atoms with Crippen molar-refractivity contribution in [3.05, 3.63) is 19.0 Å². The molecule has 6 unspecified atom stereocenters. The van der Waals surface area contributed by atoms with Crippen LogP contribution >= 0.6 is 15.6 Å². The van der Waals surface area contributed by atoms with Gasteiger partial charge in [0, 0.05) is 0 Å². The Balaban J connectivity index is 1.20. The molecule has 7 rings (SSSR count). The SMILES string of the molecule is C#CCOc1nc(N)nc2c1ncn2[C@@H]1O[C@@H]2COP(=O)(O)OC3C(O)[C@H](n4cnc5c(N)ncnc54)O[C@@H]3COP(=O)(O)OC1C2O. The molecule has 8 N–H and O–H groups in total. The summed E-state index contributed by atoms with van der Waals surface area (Å²) in [7, 11) is -10.2. The van der Waals surface area contributed by atoms with Crippen LogP contribution in [0.15, 0.2) is 19.0 Å². The zero-order chi connectivity index (χ0) is 34.0. The molecule has 0 aromatic carbocycles. The molecule has 3 aliphatic heterocycles. The molecule has 25 heteroatoms. The van der Waals surface area contributed by atoms with Gasteiger partial charge in [-0.15, -0.1) is 6.42 Å². The van der Waals surface area contributed by atoms with Crippen molar-refractivity contribution in [2.75, 3.05) is 31.3 Å². The van der Waals surface area contributed by atoms with Crippen LogP contribution in [-0.4, -0.2) is 115 Å². The number of fused-ring (bicyclic) bond motifs is 5. The molecule has 3 fully saturated rings. The molecule has 23 nitrogen and oxygen atoms in total. The number of aliphatic hydroxyl groups is 2. The largest absolute Gasteiger partial charge is 0.472 e. The van der Waals surface area contributed by atoms with E-state index in [2.05, 4.69) is 35.8 Å². The average Bonchev–Trinajstić information content (AvgIpc) is 3.79. The Bertz CT molecular complexity index is 2010. The van der Waals surface area contributed by atoms with Gasteiger partial charge in [0.1, 0.15) is 48.5 Å². The molecule has 7 heterocycles. The number of anilines is 2. The highest BCUT2D eigenvalue weighted by Gasteiger charge is 2.54. The van der Waals surface area contributed by atoms with Crippen LogP contribution in [0.5, 0.6) is 5.88 Å². The lowest BCUT2D eigenvalue weighted by Gasteiger charge is -2.25. The number of ether oxygens (including phenoxy) is 3. The lowest BCUT2D eigenvalue weighted by molar-refractivity contribution is -0.0672. The molecule has 4 aromatic rings. The van der Waals surface area contributed by atoms with Crippen LogP contribution in [0.25, 0.3) is 22.3 Å². The molecule has 0 saturated carbocycles. The van der Waals surface area contributed by atoms with E-state index in [0.717, 1.165) is 6.33 Å². The van der Waals surface area contributed by atoms with Crippen molar-refractivity contribution in [2.45, 2.75) is 49.1 Å². The first-order chi connectivity index (χ1) is 22.9. The number of aliphatic hydroxyl groups excluding tert-OH is 2. The summed E-state index contributed by atoms with van der Waals surface area (Å²) in [5.41, 5.74) is 12.1. The first kappa shape index (κ1) is 32.7. The lowest BCUT2D eigenvalue weighted by Crippen LogP contribution is -2.36. The van der Waals surface area contributed by atoms with Gasteiger partial charge in [-0.3, -0.25) is 27.2 Å². The Morgan fingerprint density at radius 3 is 2.25 bits per heavy atom. The van der Waals surface area contributed by atoms with E-state index in [0.29, 0.717) is 0 Å². The smallest absolute Gasteiger partial charge is 0.463 e. The van der Waals surface area contributed by atoms with Crippen LogP contribution in [0, 0.1) is 12.3 Å². The number of imidazole rings is 2. The number of nitrogens with zero attached hydrogens (tertiary/aromatic N) is 8. The first-order valence-electron chi connectivity index (χ1n) is 13.8. The van der Waals surface area contributed by atoms with E-state index in [1.165, 1.54) is 21.8 Å². The Morgan fingerprint density at radius 1 is 0.875 bits per heavy atom. The predicted octanol–water partition coefficient (Wildman–Crippen LogP) is -1.62. The van der Waals surface area contributed by atoms with Crippen molar-refractivity contribution in [3.8, 4) is 18.2 Å². The number of terminal acetylenes is 1. The van der Waals surface area contributed by atoms with Gasteiger partial charge < -0.3 is 45.7 Å². The molecule has 0 amide bonds. The first-order valence-corrected chi connectivity index (χ1v) is 16.8. The number of hydrogen-bond acceptors (Lipinski definition) is 19. The van der Waals surface area contributed by atoms with Crippen LogP contribution < -0.4 is 16.2 Å². The number of phosphoric acid groups is 2. The van der Waals surface area contributed by atoms with E-state index < -0.39 is 77.9 Å². The highest BCUT2D eigenvalue weighted by atomic mass is 31.2. The topological polar surface area (TPSA) is 319 Å². The number of phosphoric ester groups is 2. The monoisotopic (exact) mass is 712 g/mol. The summed E-state index contributed by atoms with van der Waals surface area (Å²) in [6, 6.07) is 0. The van der Waals surface area contributed by atoms with Crippen LogP contribution in [0.3, 0.4) is 0 Å². The molecule has 3 saturated heterocycles. The minimum Gasteiger partial charge on any atom is -0.463 e. The summed E-state index contributed by atoms with van der Waals surface area (Å²) in [5.74, 6) is 1.98. The number of hydrogen-bond donors (Lipinski definition) is 6. The standard InChI is InChI=1S/C23H26N10O13P2/c1-2-3-40-20-12-19(30-23(25)31-20)33(8-29-12)22-16-13(34)9(43-22)4-41-47(36,37)45-15-10(5-42-48(38,39)46-16)44-21(14(15)35)32-7-28-11-17(24)26-6-27-18(11)32/h1,6-10,13-16,21-22,34-35H,3-5H2,(H,36,37)(H,38,39)(H2,24,26,27)(H2,25,30,31)/t9-,10-,13?,14?,15?,16?,21-,22-/m1/s1. The summed E-state index contributed by atoms with van der Waals surface area (Å²) < 4.78 is 67.1. The summed E-state index contributed by atoms with van der Waals surface area (Å²) in [6.45, 7) is -1.81. The van der Waals surface area contributed by atoms with E-state index in [1.54, 1.807) is 0 Å². The molecule has 10 atom stereocenters. The summed E-state index contributed by atoms with van der Waals surface area (Å²) in [5, 5.41) is 22.3. The van der Waals surface area contributed by atoms with Gasteiger partial charge in [0.15, 0.2) is 41.7 Å². The normalized spacial score (nSPS) is 35.8. The maximum absolute atomic E-state index is 13.3. The highest BCUT2D eigenvalue weighted by molar-refractivity contribution is 7.47. The van der Waals surface area contributed by atoms with Crippen molar-refractivity contribution >= 4 is 49.7 Å². The van der Waals surface area contributed by atoms with Crippen molar-refractivity contribution < 1.29 is 61.4 Å². The number of nitrogens with two attached hydrogens (primary N) is 2. The molecule has 3 aliphatic rings. The van der Waals surface area contributed by atoms with Crippen molar-refractivity contribution in [2.24, 2.45) is 0 Å². The van der Waals surface area contributed by atoms with E-state index in [1.807, 2.05) is 0 Å². The Hall–Kier alpha value is -3.88. The molecule has 0 aliphatic carbocycles. The maximum atomic E-state index is 13.3. The number of nitrogen functional groups attached to an aromatic ring is 2. The third kappa shape index (κ3) is 5.87. The fourth-order valence-corrected chi connectivity index (χ4v) is 7.37. The van der Waals surface area contributed by atoms with Gasteiger partial charge >= 0.3 is 15.6 Å². The van der Waals surface area contributed by atoms with Crippen LogP contribution in [0.4, 0.5) is 11.8 Å². The average molecular weight is 712 g/mol. The van der Waals surface area contributed by atoms with Crippen LogP contribution in [0.1, 0.15) is 12.5 Å². The van der Waals surface area contributed by atoms with Gasteiger partial charge in [-0.25, -0.2) is 29.1 Å². The zero-order valence-electron chi connectivity index (χ0n) is 24.1. The molecule has 0 radical (unpaired) electrons. The van der Waals surface area contributed by atoms with Gasteiger partial charge in [0.2, 0.25) is 11.8 Å². The molecule has 4 aromatic heterocycles. The molecular formula is C23H26N10O13P2. The van der Waals surface area contributed by atoms with E-state index in [9.17, 15) is 29.1 Å². The van der Waals surface area contributed by atoms with Crippen molar-refractivity contribution in [1.82, 2.24) is 39.0 Å². The van der Waals surface area contributed by atoms with Crippen molar-refractivity contribution in [3.63, 3.8) is 0 Å². The quantitative estimate of drug-likeness (QED) is 0.102. The summed E-state index contributed by atoms with van der Waals surface area (Å²) >= 11 is 0. The molecule has 2 bridgehead atoms. The van der Waals surface area contributed by atoms with Gasteiger partial charge in [-0.05, 0) is 0 Å². The summed E-state index contributed by atoms with van der Waals surface area (Å²) in [4.78, 5) is 45.8. The maximum Gasteiger partial charge on any atom is 0.472 e. The molecule has 256 valence electrons. The van der Waals surface area contributed by atoms with Gasteiger partial charge in [-0.2, -0.15) is 9.97 Å². The van der Waals surface area contributed by atoms with E-state index >= 15 is 0 Å². The Morgan fingerprint density at radius 2 is 1.52 bits per heavy atom. The predicted molar refractivity (Wildman–Crippen MR) is 155 cm³/mol. The number of aromatic nitrogens is 8. The third-order valence-electron chi connectivity index (χ3n) is 7.57. The highest BCUT2D eigenvalue weighted by Crippen LogP contribution is 2.53. The van der Waals surface area contributed by atoms with Crippen molar-refractivity contribution in [1.29, 1.82) is 0 Å². The number of rotatable bonds is 4. The minimum absolute atomic E-state index is 0.00543. The van der Waals surface area contributed by atoms with E-state index in [4.69, 9.17) is 50.2 Å². The molecular weight excluding hydrogens is 686 g/mol. The fourth-order valence-electron chi connectivity index (χ4n) is 5.47. The van der Waals surface area contributed by atoms with Crippen LogP contribution in [-0.2, 0) is 36.7 Å². The second-order valence-electron chi connectivity index (χ2n) is 10.6.